The lowest BCUT2D eigenvalue weighted by atomic mass is 9.91. The molecule has 0 bridgehead atoms. The number of ether oxygens (including phenoxy) is 1. The van der Waals surface area contributed by atoms with Crippen LogP contribution in [0.5, 0.6) is 0 Å². The minimum absolute atomic E-state index is 0.0683. The van der Waals surface area contributed by atoms with Crippen molar-refractivity contribution < 1.29 is 9.53 Å². The summed E-state index contributed by atoms with van der Waals surface area (Å²) in [6, 6.07) is 3.64. The number of aromatic nitrogens is 3. The van der Waals surface area contributed by atoms with Crippen molar-refractivity contribution >= 4 is 11.6 Å². The van der Waals surface area contributed by atoms with Crippen LogP contribution in [0.3, 0.4) is 0 Å². The number of nitrogens with zero attached hydrogens (tertiary/aromatic N) is 4. The van der Waals surface area contributed by atoms with Gasteiger partial charge in [0.15, 0.2) is 0 Å². The summed E-state index contributed by atoms with van der Waals surface area (Å²) in [4.78, 5) is 18.9. The van der Waals surface area contributed by atoms with Crippen LogP contribution in [0.4, 0.5) is 5.69 Å². The predicted octanol–water partition coefficient (Wildman–Crippen LogP) is 1.43. The smallest absolute Gasteiger partial charge is 0.253 e. The van der Waals surface area contributed by atoms with E-state index in [0.29, 0.717) is 11.6 Å². The zero-order chi connectivity index (χ0) is 17.2. The highest BCUT2D eigenvalue weighted by atomic mass is 16.5. The molecule has 0 spiro atoms. The predicted molar refractivity (Wildman–Crippen MR) is 92.7 cm³/mol. The molecule has 0 radical (unpaired) electrons. The zero-order valence-electron chi connectivity index (χ0n) is 14.3. The molecule has 132 valence electrons. The van der Waals surface area contributed by atoms with Crippen molar-refractivity contribution in [2.45, 2.75) is 31.6 Å². The number of aryl methyl sites for hydroxylation is 1. The Labute approximate surface area is 147 Å². The Hall–Kier alpha value is -2.25. The molecule has 2 saturated heterocycles. The van der Waals surface area contributed by atoms with Crippen LogP contribution in [0, 0.1) is 5.92 Å². The third kappa shape index (κ3) is 3.72. The molecule has 0 unspecified atom stereocenters. The average Bonchev–Trinajstić information content (AvgIpc) is 3.21. The Kier molecular flexibility index (Phi) is 4.50. The number of fused-ring (bicyclic) bond motifs is 1. The monoisotopic (exact) mass is 341 g/mol. The van der Waals surface area contributed by atoms with Gasteiger partial charge >= 0.3 is 0 Å². The Morgan fingerprint density at radius 1 is 1.44 bits per heavy atom. The second-order valence-corrected chi connectivity index (χ2v) is 6.94. The number of carbonyl (C=O) groups excluding carboxylic acids is 1. The number of piperidine rings is 1. The van der Waals surface area contributed by atoms with Crippen molar-refractivity contribution in [3.05, 3.63) is 42.5 Å². The summed E-state index contributed by atoms with van der Waals surface area (Å²) in [5.74, 6) is 0.399. The fourth-order valence-corrected chi connectivity index (χ4v) is 3.78. The van der Waals surface area contributed by atoms with Gasteiger partial charge in [-0.25, -0.2) is 0 Å². The first kappa shape index (κ1) is 16.2. The van der Waals surface area contributed by atoms with Gasteiger partial charge in [0.2, 0.25) is 0 Å². The van der Waals surface area contributed by atoms with E-state index in [9.17, 15) is 4.79 Å². The van der Waals surface area contributed by atoms with E-state index in [2.05, 4.69) is 20.3 Å². The summed E-state index contributed by atoms with van der Waals surface area (Å²) in [6.07, 6.45) is 8.93. The standard InChI is InChI=1S/C18H23N5O2/c1-22-10-13(8-20-22)11-23-6-4-14-7-16(25-17(14)12-23)18(24)21-15-3-2-5-19-9-15/h2-3,5,8-10,14,16-17H,4,6-7,11-12H2,1H3,(H,21,24)/t14-,16+,17-/m1/s1. The van der Waals surface area contributed by atoms with Gasteiger partial charge < -0.3 is 10.1 Å². The number of nitrogens with one attached hydrogen (secondary N) is 1. The molecule has 25 heavy (non-hydrogen) atoms. The number of likely N-dealkylation sites (tertiary alicyclic amines) is 1. The van der Waals surface area contributed by atoms with Gasteiger partial charge in [-0.05, 0) is 37.4 Å². The first-order valence-corrected chi connectivity index (χ1v) is 8.73. The number of rotatable bonds is 4. The number of anilines is 1. The molecule has 2 fully saturated rings. The average molecular weight is 341 g/mol. The van der Waals surface area contributed by atoms with Crippen molar-refractivity contribution in [3.8, 4) is 0 Å². The third-order valence-electron chi connectivity index (χ3n) is 5.02. The maximum atomic E-state index is 12.4. The van der Waals surface area contributed by atoms with Crippen LogP contribution in [0.15, 0.2) is 36.9 Å². The van der Waals surface area contributed by atoms with E-state index in [1.54, 1.807) is 18.5 Å². The highest BCUT2D eigenvalue weighted by Gasteiger charge is 2.41. The second-order valence-electron chi connectivity index (χ2n) is 6.94. The summed E-state index contributed by atoms with van der Waals surface area (Å²) in [7, 11) is 1.93. The van der Waals surface area contributed by atoms with Gasteiger partial charge in [0, 0.05) is 38.1 Å². The van der Waals surface area contributed by atoms with Crippen LogP contribution in [-0.4, -0.2) is 50.9 Å². The second kappa shape index (κ2) is 6.93. The maximum absolute atomic E-state index is 12.4. The van der Waals surface area contributed by atoms with Crippen molar-refractivity contribution in [1.82, 2.24) is 19.7 Å². The molecule has 0 aromatic carbocycles. The molecule has 2 aromatic rings. The molecule has 2 aliphatic rings. The molecule has 1 amide bonds. The number of pyridine rings is 1. The largest absolute Gasteiger partial charge is 0.364 e. The van der Waals surface area contributed by atoms with Crippen LogP contribution in [0.1, 0.15) is 18.4 Å². The minimum Gasteiger partial charge on any atom is -0.364 e. The lowest BCUT2D eigenvalue weighted by Gasteiger charge is -2.33. The molecule has 0 saturated carbocycles. The topological polar surface area (TPSA) is 72.3 Å². The Morgan fingerprint density at radius 3 is 3.12 bits per heavy atom. The lowest BCUT2D eigenvalue weighted by molar-refractivity contribution is -0.127. The van der Waals surface area contributed by atoms with Crippen LogP contribution in [0.25, 0.3) is 0 Å². The maximum Gasteiger partial charge on any atom is 0.253 e. The van der Waals surface area contributed by atoms with Crippen molar-refractivity contribution in [3.63, 3.8) is 0 Å². The molecule has 3 atom stereocenters. The van der Waals surface area contributed by atoms with Crippen LogP contribution in [0.2, 0.25) is 0 Å². The van der Waals surface area contributed by atoms with Crippen LogP contribution >= 0.6 is 0 Å². The molecular formula is C18H23N5O2. The number of amides is 1. The normalized spacial score (nSPS) is 26.4. The number of hydrogen-bond donors (Lipinski definition) is 1. The SMILES string of the molecule is Cn1cc(CN2CC[C@@H]3C[C@@H](C(=O)Nc4cccnc4)O[C@@H]3C2)cn1. The molecule has 2 aliphatic heterocycles. The highest BCUT2D eigenvalue weighted by Crippen LogP contribution is 2.34. The van der Waals surface area contributed by atoms with Gasteiger partial charge in [0.25, 0.3) is 5.91 Å². The summed E-state index contributed by atoms with van der Waals surface area (Å²) in [5, 5.41) is 7.12. The first-order chi connectivity index (χ1) is 12.2. The van der Waals surface area contributed by atoms with Crippen LogP contribution in [-0.2, 0) is 23.1 Å². The summed E-state index contributed by atoms with van der Waals surface area (Å²) >= 11 is 0. The van der Waals surface area contributed by atoms with E-state index >= 15 is 0 Å². The van der Waals surface area contributed by atoms with Gasteiger partial charge in [0.05, 0.1) is 24.2 Å². The Morgan fingerprint density at radius 2 is 2.36 bits per heavy atom. The quantitative estimate of drug-likeness (QED) is 0.911. The van der Waals surface area contributed by atoms with Crippen LogP contribution < -0.4 is 5.32 Å². The van der Waals surface area contributed by atoms with Gasteiger partial charge in [0.1, 0.15) is 6.10 Å². The minimum atomic E-state index is -0.367. The molecule has 0 aliphatic carbocycles. The molecule has 7 nitrogen and oxygen atoms in total. The van der Waals surface area contributed by atoms with E-state index in [4.69, 9.17) is 4.74 Å². The van der Waals surface area contributed by atoms with Crippen molar-refractivity contribution in [1.29, 1.82) is 0 Å². The molecule has 7 heteroatoms. The summed E-state index contributed by atoms with van der Waals surface area (Å²) < 4.78 is 7.90. The highest BCUT2D eigenvalue weighted by molar-refractivity contribution is 5.94. The van der Waals surface area contributed by atoms with Gasteiger partial charge in [-0.15, -0.1) is 0 Å². The van der Waals surface area contributed by atoms with Crippen molar-refractivity contribution in [2.24, 2.45) is 13.0 Å². The lowest BCUT2D eigenvalue weighted by Crippen LogP contribution is -2.41. The molecule has 1 N–H and O–H groups in total. The summed E-state index contributed by atoms with van der Waals surface area (Å²) in [6.45, 7) is 2.79. The third-order valence-corrected chi connectivity index (χ3v) is 5.02. The zero-order valence-corrected chi connectivity index (χ0v) is 14.3. The molecule has 2 aromatic heterocycles. The van der Waals surface area contributed by atoms with E-state index in [-0.39, 0.29) is 18.1 Å². The fourth-order valence-electron chi connectivity index (χ4n) is 3.78. The van der Waals surface area contributed by atoms with E-state index < -0.39 is 0 Å². The molecule has 4 rings (SSSR count). The summed E-state index contributed by atoms with van der Waals surface area (Å²) in [5.41, 5.74) is 1.92. The van der Waals surface area contributed by atoms with E-state index in [1.165, 1.54) is 5.56 Å². The molecule has 4 heterocycles. The first-order valence-electron chi connectivity index (χ1n) is 8.73. The van der Waals surface area contributed by atoms with Gasteiger partial charge in [-0.1, -0.05) is 0 Å². The van der Waals surface area contributed by atoms with E-state index in [1.807, 2.05) is 30.2 Å². The fraction of sp³-hybridized carbons (Fsp3) is 0.500. The van der Waals surface area contributed by atoms with Crippen molar-refractivity contribution in [2.75, 3.05) is 18.4 Å². The molecular weight excluding hydrogens is 318 g/mol. The Bertz CT molecular complexity index is 732. The number of carbonyl (C=O) groups is 1. The van der Waals surface area contributed by atoms with Gasteiger partial charge in [-0.3, -0.25) is 19.4 Å². The van der Waals surface area contributed by atoms with E-state index in [0.717, 1.165) is 32.5 Å². The Balaban J connectivity index is 1.33. The van der Waals surface area contributed by atoms with Gasteiger partial charge in [-0.2, -0.15) is 5.10 Å². The number of hydrogen-bond acceptors (Lipinski definition) is 5.